The van der Waals surface area contributed by atoms with Crippen LogP contribution in [0.5, 0.6) is 0 Å². The molecule has 0 bridgehead atoms. The van der Waals surface area contributed by atoms with Gasteiger partial charge < -0.3 is 19.9 Å². The number of benzene rings is 1. The van der Waals surface area contributed by atoms with E-state index in [1.807, 2.05) is 0 Å². The first-order valence-electron chi connectivity index (χ1n) is 8.69. The van der Waals surface area contributed by atoms with Crippen LogP contribution in [-0.2, 0) is 4.79 Å². The van der Waals surface area contributed by atoms with Gasteiger partial charge in [0.15, 0.2) is 0 Å². The summed E-state index contributed by atoms with van der Waals surface area (Å²) in [6.45, 7) is 0.578. The smallest absolute Gasteiger partial charge is 0.341 e. The fraction of sp³-hybridized carbons (Fsp3) is 0.389. The summed E-state index contributed by atoms with van der Waals surface area (Å²) in [6, 6.07) is 0.780. The number of aromatic carboxylic acids is 1. The van der Waals surface area contributed by atoms with E-state index in [-0.39, 0.29) is 28.6 Å². The third-order valence-electron chi connectivity index (χ3n) is 5.50. The van der Waals surface area contributed by atoms with Crippen molar-refractivity contribution in [1.82, 2.24) is 4.57 Å². The van der Waals surface area contributed by atoms with Crippen molar-refractivity contribution in [3.05, 3.63) is 33.9 Å². The molecular weight excluding hydrogens is 341 g/mol. The SMILES string of the molecule is O=C(O)c1cn(C2CC2)c2c3c(c(F)cc2c1=O)N1CCCC1C(=O)N3. The number of carbonyl (C=O) groups excluding carboxylic acids is 1. The topological polar surface area (TPSA) is 91.6 Å². The number of hydrogen-bond donors (Lipinski definition) is 2. The molecule has 26 heavy (non-hydrogen) atoms. The summed E-state index contributed by atoms with van der Waals surface area (Å²) in [7, 11) is 0. The molecule has 8 heteroatoms. The predicted molar refractivity (Wildman–Crippen MR) is 92.4 cm³/mol. The fourth-order valence-electron chi connectivity index (χ4n) is 4.18. The van der Waals surface area contributed by atoms with E-state index < -0.39 is 23.3 Å². The van der Waals surface area contributed by atoms with Crippen molar-refractivity contribution < 1.29 is 19.1 Å². The lowest BCUT2D eigenvalue weighted by molar-refractivity contribution is -0.117. The zero-order valence-electron chi connectivity index (χ0n) is 13.8. The molecule has 1 unspecified atom stereocenters. The minimum absolute atomic E-state index is 0.00834. The van der Waals surface area contributed by atoms with Crippen molar-refractivity contribution >= 4 is 34.2 Å². The van der Waals surface area contributed by atoms with Gasteiger partial charge in [-0.2, -0.15) is 0 Å². The van der Waals surface area contributed by atoms with Gasteiger partial charge in [-0.05, 0) is 31.7 Å². The largest absolute Gasteiger partial charge is 0.477 e. The van der Waals surface area contributed by atoms with Crippen LogP contribution in [0.2, 0.25) is 0 Å². The molecule has 2 aliphatic heterocycles. The van der Waals surface area contributed by atoms with E-state index in [1.54, 1.807) is 9.47 Å². The van der Waals surface area contributed by atoms with E-state index in [9.17, 15) is 23.9 Å². The van der Waals surface area contributed by atoms with E-state index in [2.05, 4.69) is 5.32 Å². The third kappa shape index (κ3) is 1.95. The number of aromatic nitrogens is 1. The summed E-state index contributed by atoms with van der Waals surface area (Å²) in [5.41, 5.74) is -0.119. The number of nitrogens with zero attached hydrogens (tertiary/aromatic N) is 2. The lowest BCUT2D eigenvalue weighted by atomic mass is 10.0. The molecule has 1 amide bonds. The quantitative estimate of drug-likeness (QED) is 0.859. The minimum Gasteiger partial charge on any atom is -0.477 e. The number of halogens is 1. The fourth-order valence-corrected chi connectivity index (χ4v) is 4.18. The number of rotatable bonds is 2. The van der Waals surface area contributed by atoms with E-state index in [4.69, 9.17) is 0 Å². The summed E-state index contributed by atoms with van der Waals surface area (Å²) >= 11 is 0. The van der Waals surface area contributed by atoms with Gasteiger partial charge in [-0.3, -0.25) is 9.59 Å². The summed E-state index contributed by atoms with van der Waals surface area (Å²) in [5.74, 6) is -2.16. The van der Waals surface area contributed by atoms with Crippen LogP contribution in [-0.4, -0.2) is 34.1 Å². The van der Waals surface area contributed by atoms with Crippen molar-refractivity contribution in [2.75, 3.05) is 16.8 Å². The zero-order valence-corrected chi connectivity index (χ0v) is 13.8. The van der Waals surface area contributed by atoms with Gasteiger partial charge in [-0.1, -0.05) is 0 Å². The Kier molecular flexibility index (Phi) is 2.99. The highest BCUT2D eigenvalue weighted by molar-refractivity contribution is 6.12. The highest BCUT2D eigenvalue weighted by Crippen LogP contribution is 2.45. The first-order valence-corrected chi connectivity index (χ1v) is 8.69. The Balaban J connectivity index is 1.90. The summed E-state index contributed by atoms with van der Waals surface area (Å²) in [4.78, 5) is 38.3. The Hall–Kier alpha value is -2.90. The second kappa shape index (κ2) is 5.06. The van der Waals surface area contributed by atoms with E-state index in [1.165, 1.54) is 6.20 Å². The number of carboxylic acid groups (broad SMARTS) is 1. The Morgan fingerprint density at radius 1 is 1.27 bits per heavy atom. The monoisotopic (exact) mass is 357 g/mol. The first kappa shape index (κ1) is 15.4. The van der Waals surface area contributed by atoms with Crippen LogP contribution >= 0.6 is 0 Å². The third-order valence-corrected chi connectivity index (χ3v) is 5.50. The van der Waals surface area contributed by atoms with Gasteiger partial charge in [-0.25, -0.2) is 9.18 Å². The Morgan fingerprint density at radius 3 is 2.73 bits per heavy atom. The number of anilines is 2. The van der Waals surface area contributed by atoms with E-state index in [0.29, 0.717) is 24.2 Å². The van der Waals surface area contributed by atoms with Crippen molar-refractivity contribution in [3.63, 3.8) is 0 Å². The van der Waals surface area contributed by atoms with Crippen molar-refractivity contribution in [1.29, 1.82) is 0 Å². The minimum atomic E-state index is -1.34. The van der Waals surface area contributed by atoms with E-state index in [0.717, 1.165) is 25.3 Å². The molecular formula is C18H16FN3O4. The Bertz CT molecular complexity index is 1060. The van der Waals surface area contributed by atoms with Gasteiger partial charge in [0.2, 0.25) is 11.3 Å². The molecule has 1 aromatic carbocycles. The van der Waals surface area contributed by atoms with Crippen molar-refractivity contribution in [2.45, 2.75) is 37.8 Å². The molecule has 2 fully saturated rings. The number of carboxylic acids is 1. The molecule has 2 aromatic rings. The first-order chi connectivity index (χ1) is 12.5. The molecule has 1 saturated heterocycles. The molecule has 2 N–H and O–H groups in total. The van der Waals surface area contributed by atoms with Crippen molar-refractivity contribution in [2.24, 2.45) is 0 Å². The maximum atomic E-state index is 14.9. The van der Waals surface area contributed by atoms with Crippen LogP contribution in [0.1, 0.15) is 42.1 Å². The second-order valence-corrected chi connectivity index (χ2v) is 7.13. The van der Waals surface area contributed by atoms with Gasteiger partial charge in [0, 0.05) is 18.8 Å². The summed E-state index contributed by atoms with van der Waals surface area (Å²) in [5, 5.41) is 12.1. The lowest BCUT2D eigenvalue weighted by Crippen LogP contribution is -2.44. The van der Waals surface area contributed by atoms with E-state index >= 15 is 0 Å². The van der Waals surface area contributed by atoms with Crippen LogP contribution in [0.25, 0.3) is 10.9 Å². The molecule has 1 aromatic heterocycles. The number of fused-ring (bicyclic) bond motifs is 5. The number of carbonyl (C=O) groups is 2. The molecule has 0 spiro atoms. The van der Waals surface area contributed by atoms with Crippen LogP contribution in [0.15, 0.2) is 17.1 Å². The Morgan fingerprint density at radius 2 is 2.04 bits per heavy atom. The maximum absolute atomic E-state index is 14.9. The average molecular weight is 357 g/mol. The average Bonchev–Trinajstić information content (AvgIpc) is 3.31. The number of hydrogen-bond acceptors (Lipinski definition) is 4. The molecule has 1 aliphatic carbocycles. The van der Waals surface area contributed by atoms with Gasteiger partial charge in [0.25, 0.3) is 0 Å². The number of amides is 1. The van der Waals surface area contributed by atoms with Crippen LogP contribution in [0.4, 0.5) is 15.8 Å². The number of pyridine rings is 1. The standard InChI is InChI=1S/C18H16FN3O4/c19-11-6-9-14(13-15(11)21-5-1-2-12(21)17(24)20-13)22(8-3-4-8)7-10(16(9)23)18(25)26/h6-8,12H,1-5H2,(H,20,24)(H,25,26). The maximum Gasteiger partial charge on any atom is 0.341 e. The highest BCUT2D eigenvalue weighted by atomic mass is 19.1. The molecule has 7 nitrogen and oxygen atoms in total. The lowest BCUT2D eigenvalue weighted by Gasteiger charge is -2.34. The molecule has 134 valence electrons. The van der Waals surface area contributed by atoms with Crippen molar-refractivity contribution in [3.8, 4) is 0 Å². The second-order valence-electron chi connectivity index (χ2n) is 7.13. The van der Waals surface area contributed by atoms with Crippen LogP contribution < -0.4 is 15.6 Å². The Labute approximate surface area is 147 Å². The highest BCUT2D eigenvalue weighted by Gasteiger charge is 2.40. The molecule has 0 radical (unpaired) electrons. The predicted octanol–water partition coefficient (Wildman–Crippen LogP) is 2.09. The zero-order chi connectivity index (χ0) is 18.2. The molecule has 3 aliphatic rings. The number of nitrogens with one attached hydrogen (secondary N) is 1. The molecule has 5 rings (SSSR count). The van der Waals surface area contributed by atoms with Gasteiger partial charge in [0.05, 0.1) is 22.3 Å². The van der Waals surface area contributed by atoms with Crippen LogP contribution in [0.3, 0.4) is 0 Å². The molecule has 1 saturated carbocycles. The summed E-state index contributed by atoms with van der Waals surface area (Å²) in [6.07, 6.45) is 4.48. The van der Waals surface area contributed by atoms with Gasteiger partial charge in [-0.15, -0.1) is 0 Å². The van der Waals surface area contributed by atoms with Gasteiger partial charge in [0.1, 0.15) is 17.4 Å². The normalized spacial score (nSPS) is 21.5. The molecule has 3 heterocycles. The van der Waals surface area contributed by atoms with Crippen LogP contribution in [0, 0.1) is 5.82 Å². The van der Waals surface area contributed by atoms with Gasteiger partial charge >= 0.3 is 5.97 Å². The molecule has 1 atom stereocenters. The summed E-state index contributed by atoms with van der Waals surface area (Å²) < 4.78 is 16.7.